The Morgan fingerprint density at radius 2 is 1.92 bits per heavy atom. The molecule has 6 heteroatoms. The van der Waals surface area contributed by atoms with E-state index in [1.54, 1.807) is 14.2 Å². The van der Waals surface area contributed by atoms with Gasteiger partial charge in [-0.1, -0.05) is 0 Å². The molecule has 0 saturated carbocycles. The van der Waals surface area contributed by atoms with Gasteiger partial charge >= 0.3 is 6.03 Å². The van der Waals surface area contributed by atoms with E-state index in [0.29, 0.717) is 19.9 Å². The van der Waals surface area contributed by atoms with Crippen LogP contribution >= 0.6 is 0 Å². The van der Waals surface area contributed by atoms with Crippen LogP contribution in [0.5, 0.6) is 0 Å². The van der Waals surface area contributed by atoms with Crippen molar-refractivity contribution in [1.29, 1.82) is 0 Å². The van der Waals surface area contributed by atoms with Gasteiger partial charge in [-0.2, -0.15) is 0 Å². The molecule has 2 N–H and O–H groups in total. The monoisotopic (exact) mass is 189 g/mol. The van der Waals surface area contributed by atoms with Gasteiger partial charge in [-0.05, 0) is 0 Å². The number of hydrogen-bond acceptors (Lipinski definition) is 4. The normalized spacial score (nSPS) is 18.5. The van der Waals surface area contributed by atoms with E-state index in [0.717, 1.165) is 0 Å². The highest BCUT2D eigenvalue weighted by atomic mass is 16.7. The van der Waals surface area contributed by atoms with Gasteiger partial charge in [0.15, 0.2) is 6.29 Å². The quantitative estimate of drug-likeness (QED) is 0.565. The van der Waals surface area contributed by atoms with Crippen molar-refractivity contribution < 1.29 is 14.3 Å². The minimum absolute atomic E-state index is 0.136. The molecular weight excluding hydrogens is 174 g/mol. The summed E-state index contributed by atoms with van der Waals surface area (Å²) in [6.07, 6.45) is -0.253. The van der Waals surface area contributed by atoms with E-state index in [2.05, 4.69) is 10.6 Å². The van der Waals surface area contributed by atoms with Crippen molar-refractivity contribution in [3.05, 3.63) is 0 Å². The zero-order chi connectivity index (χ0) is 9.68. The topological polar surface area (TPSA) is 62.8 Å². The van der Waals surface area contributed by atoms with E-state index in [-0.39, 0.29) is 12.3 Å². The van der Waals surface area contributed by atoms with E-state index in [1.165, 1.54) is 0 Å². The van der Waals surface area contributed by atoms with Crippen LogP contribution in [0.25, 0.3) is 0 Å². The van der Waals surface area contributed by atoms with Gasteiger partial charge in [0, 0.05) is 14.2 Å². The molecule has 76 valence electrons. The highest BCUT2D eigenvalue weighted by Crippen LogP contribution is 1.96. The van der Waals surface area contributed by atoms with Crippen LogP contribution in [0.3, 0.4) is 0 Å². The van der Waals surface area contributed by atoms with Crippen LogP contribution in [0.1, 0.15) is 0 Å². The Morgan fingerprint density at radius 3 is 2.38 bits per heavy atom. The summed E-state index contributed by atoms with van der Waals surface area (Å²) in [7, 11) is 3.17. The lowest BCUT2D eigenvalue weighted by Crippen LogP contribution is -2.55. The molecular formula is C7H15N3O3. The number of hydrogen-bond donors (Lipinski definition) is 2. The molecule has 1 saturated heterocycles. The highest BCUT2D eigenvalue weighted by Gasteiger charge is 2.17. The first-order chi connectivity index (χ1) is 6.26. The number of methoxy groups -OCH3 is 2. The number of urea groups is 1. The van der Waals surface area contributed by atoms with Crippen LogP contribution in [-0.2, 0) is 9.47 Å². The Bertz CT molecular complexity index is 162. The number of carbonyl (C=O) groups is 1. The number of carbonyl (C=O) groups excluding carboxylic acids is 1. The second-order valence-corrected chi connectivity index (χ2v) is 2.75. The van der Waals surface area contributed by atoms with Crippen molar-refractivity contribution in [3.8, 4) is 0 Å². The smallest absolute Gasteiger partial charge is 0.316 e. The third kappa shape index (κ3) is 3.17. The summed E-state index contributed by atoms with van der Waals surface area (Å²) in [5.74, 6) is 0. The minimum Gasteiger partial charge on any atom is -0.355 e. The van der Waals surface area contributed by atoms with Gasteiger partial charge in [0.25, 0.3) is 0 Å². The van der Waals surface area contributed by atoms with Crippen molar-refractivity contribution in [2.24, 2.45) is 0 Å². The maximum Gasteiger partial charge on any atom is 0.316 e. The third-order valence-corrected chi connectivity index (χ3v) is 1.86. The molecule has 0 spiro atoms. The van der Waals surface area contributed by atoms with Crippen LogP contribution in [0.2, 0.25) is 0 Å². The maximum absolute atomic E-state index is 10.7. The molecule has 1 rings (SSSR count). The summed E-state index contributed by atoms with van der Waals surface area (Å²) in [5.41, 5.74) is 0. The molecule has 1 aliphatic rings. The molecule has 6 nitrogen and oxygen atoms in total. The van der Waals surface area contributed by atoms with Crippen LogP contribution in [-0.4, -0.2) is 51.3 Å². The molecule has 0 unspecified atom stereocenters. The van der Waals surface area contributed by atoms with E-state index >= 15 is 0 Å². The van der Waals surface area contributed by atoms with E-state index < -0.39 is 0 Å². The lowest BCUT2D eigenvalue weighted by Gasteiger charge is -2.29. The third-order valence-electron chi connectivity index (χ3n) is 1.86. The average molecular weight is 189 g/mol. The summed E-state index contributed by atoms with van der Waals surface area (Å²) in [6.45, 7) is 1.67. The summed E-state index contributed by atoms with van der Waals surface area (Å²) in [4.78, 5) is 12.7. The standard InChI is InChI=1S/C7H15N3O3/c1-12-6(13-2)3-10-4-8-7(11)9-5-10/h6H,3-5H2,1-2H3,(H2,8,9,11). The summed E-state index contributed by atoms with van der Waals surface area (Å²) < 4.78 is 10.0. The lowest BCUT2D eigenvalue weighted by molar-refractivity contribution is -0.117. The summed E-state index contributed by atoms with van der Waals surface area (Å²) in [6, 6.07) is -0.136. The molecule has 0 bridgehead atoms. The Morgan fingerprint density at radius 1 is 1.38 bits per heavy atom. The Balaban J connectivity index is 2.24. The van der Waals surface area contributed by atoms with Crippen LogP contribution in [0.4, 0.5) is 4.79 Å². The molecule has 0 radical (unpaired) electrons. The van der Waals surface area contributed by atoms with Crippen molar-refractivity contribution >= 4 is 6.03 Å². The predicted octanol–water partition coefficient (Wildman–Crippen LogP) is -0.865. The number of ether oxygens (including phenoxy) is 2. The number of amides is 2. The lowest BCUT2D eigenvalue weighted by atomic mass is 10.5. The zero-order valence-corrected chi connectivity index (χ0v) is 7.87. The molecule has 0 aromatic rings. The second-order valence-electron chi connectivity index (χ2n) is 2.75. The van der Waals surface area contributed by atoms with Crippen molar-refractivity contribution in [1.82, 2.24) is 15.5 Å². The van der Waals surface area contributed by atoms with Crippen LogP contribution < -0.4 is 10.6 Å². The van der Waals surface area contributed by atoms with E-state index in [4.69, 9.17) is 9.47 Å². The minimum atomic E-state index is -0.253. The Kier molecular flexibility index (Phi) is 3.94. The summed E-state index contributed by atoms with van der Waals surface area (Å²) >= 11 is 0. The predicted molar refractivity (Wildman–Crippen MR) is 45.9 cm³/mol. The number of rotatable bonds is 4. The van der Waals surface area contributed by atoms with Crippen molar-refractivity contribution in [3.63, 3.8) is 0 Å². The summed E-state index contributed by atoms with van der Waals surface area (Å²) in [5, 5.41) is 5.30. The van der Waals surface area contributed by atoms with Gasteiger partial charge < -0.3 is 20.1 Å². The molecule has 13 heavy (non-hydrogen) atoms. The first kappa shape index (κ1) is 10.2. The van der Waals surface area contributed by atoms with Gasteiger partial charge in [0.05, 0.1) is 19.9 Å². The Hall–Kier alpha value is -0.850. The van der Waals surface area contributed by atoms with Gasteiger partial charge in [-0.15, -0.1) is 0 Å². The highest BCUT2D eigenvalue weighted by molar-refractivity contribution is 5.74. The molecule has 0 aromatic carbocycles. The SMILES string of the molecule is COC(CN1CNC(=O)NC1)OC. The van der Waals surface area contributed by atoms with Crippen molar-refractivity contribution in [2.75, 3.05) is 34.1 Å². The van der Waals surface area contributed by atoms with Gasteiger partial charge in [0.2, 0.25) is 0 Å². The first-order valence-electron chi connectivity index (χ1n) is 4.06. The first-order valence-corrected chi connectivity index (χ1v) is 4.06. The van der Waals surface area contributed by atoms with E-state index in [1.807, 2.05) is 4.90 Å². The molecule has 1 aliphatic heterocycles. The number of nitrogens with zero attached hydrogens (tertiary/aromatic N) is 1. The molecule has 1 heterocycles. The van der Waals surface area contributed by atoms with Crippen LogP contribution in [0.15, 0.2) is 0 Å². The molecule has 0 aromatic heterocycles. The van der Waals surface area contributed by atoms with Crippen molar-refractivity contribution in [2.45, 2.75) is 6.29 Å². The molecule has 2 amide bonds. The fourth-order valence-electron chi connectivity index (χ4n) is 1.07. The number of nitrogens with one attached hydrogen (secondary N) is 2. The molecule has 0 atom stereocenters. The Labute approximate surface area is 77.2 Å². The fourth-order valence-corrected chi connectivity index (χ4v) is 1.07. The average Bonchev–Trinajstić information content (AvgIpc) is 2.17. The molecule has 0 aliphatic carbocycles. The van der Waals surface area contributed by atoms with Gasteiger partial charge in [0.1, 0.15) is 0 Å². The fraction of sp³-hybridized carbons (Fsp3) is 0.857. The maximum atomic E-state index is 10.7. The van der Waals surface area contributed by atoms with Crippen LogP contribution in [0, 0.1) is 0 Å². The second kappa shape index (κ2) is 5.00. The van der Waals surface area contributed by atoms with E-state index in [9.17, 15) is 4.79 Å². The largest absolute Gasteiger partial charge is 0.355 e. The molecule has 1 fully saturated rings. The van der Waals surface area contributed by atoms with Gasteiger partial charge in [-0.25, -0.2) is 4.79 Å². The zero-order valence-electron chi connectivity index (χ0n) is 7.87. The van der Waals surface area contributed by atoms with Gasteiger partial charge in [-0.3, -0.25) is 4.90 Å².